The predicted molar refractivity (Wildman–Crippen MR) is 60.1 cm³/mol. The lowest BCUT2D eigenvalue weighted by atomic mass is 10.1. The highest BCUT2D eigenvalue weighted by Gasteiger charge is 2.02. The third-order valence-electron chi connectivity index (χ3n) is 2.05. The van der Waals surface area contributed by atoms with Crippen LogP contribution in [0.25, 0.3) is 0 Å². The molecule has 1 aromatic carbocycles. The van der Waals surface area contributed by atoms with Crippen molar-refractivity contribution in [2.45, 2.75) is 26.4 Å². The van der Waals surface area contributed by atoms with E-state index in [9.17, 15) is 0 Å². The molecule has 3 heteroatoms. The van der Waals surface area contributed by atoms with Crippen molar-refractivity contribution < 1.29 is 4.74 Å². The summed E-state index contributed by atoms with van der Waals surface area (Å²) in [6.45, 7) is 4.72. The maximum Gasteiger partial charge on any atom is 0.0581 e. The monoisotopic (exact) mass is 194 g/mol. The third kappa shape index (κ3) is 2.92. The summed E-state index contributed by atoms with van der Waals surface area (Å²) < 4.78 is 5.44. The Hall–Kier alpha value is -1.22. The van der Waals surface area contributed by atoms with Gasteiger partial charge in [-0.15, -0.1) is 0 Å². The molecule has 3 nitrogen and oxygen atoms in total. The zero-order valence-electron chi connectivity index (χ0n) is 8.79. The maximum atomic E-state index is 5.82. The van der Waals surface area contributed by atoms with Crippen LogP contribution in [0, 0.1) is 0 Å². The van der Waals surface area contributed by atoms with Gasteiger partial charge < -0.3 is 16.2 Å². The summed E-state index contributed by atoms with van der Waals surface area (Å²) in [6.07, 6.45) is 1.08. The molecule has 0 spiro atoms. The normalized spacial score (nSPS) is 10.8. The minimum Gasteiger partial charge on any atom is -0.397 e. The lowest BCUT2D eigenvalue weighted by molar-refractivity contribution is 0.0814. The number of rotatable bonds is 4. The Morgan fingerprint density at radius 2 is 2.00 bits per heavy atom. The first-order chi connectivity index (χ1) is 6.61. The van der Waals surface area contributed by atoms with E-state index < -0.39 is 0 Å². The van der Waals surface area contributed by atoms with E-state index in [4.69, 9.17) is 16.2 Å². The number of hydrogen-bond acceptors (Lipinski definition) is 3. The second-order valence-electron chi connectivity index (χ2n) is 3.59. The van der Waals surface area contributed by atoms with E-state index in [0.29, 0.717) is 18.0 Å². The predicted octanol–water partition coefficient (Wildman–Crippen LogP) is 1.82. The molecule has 0 saturated heterocycles. The van der Waals surface area contributed by atoms with Crippen LogP contribution in [0.15, 0.2) is 18.2 Å². The van der Waals surface area contributed by atoms with Gasteiger partial charge in [0.1, 0.15) is 0 Å². The first kappa shape index (κ1) is 10.9. The fourth-order valence-corrected chi connectivity index (χ4v) is 1.26. The van der Waals surface area contributed by atoms with Crippen molar-refractivity contribution in [3.05, 3.63) is 23.8 Å². The third-order valence-corrected chi connectivity index (χ3v) is 2.05. The average molecular weight is 194 g/mol. The van der Waals surface area contributed by atoms with Crippen molar-refractivity contribution in [1.82, 2.24) is 0 Å². The molecule has 0 amide bonds. The van der Waals surface area contributed by atoms with Gasteiger partial charge in [-0.1, -0.05) is 12.1 Å². The number of ether oxygens (including phenoxy) is 1. The molecule has 0 bridgehead atoms. The smallest absolute Gasteiger partial charge is 0.0581 e. The molecule has 0 fully saturated rings. The van der Waals surface area contributed by atoms with Crippen LogP contribution in [0.4, 0.5) is 11.4 Å². The van der Waals surface area contributed by atoms with Crippen LogP contribution in [0.2, 0.25) is 0 Å². The van der Waals surface area contributed by atoms with Crippen molar-refractivity contribution in [3.8, 4) is 0 Å². The van der Waals surface area contributed by atoms with Crippen LogP contribution in [0.1, 0.15) is 19.4 Å². The average Bonchev–Trinajstić information content (AvgIpc) is 2.12. The van der Waals surface area contributed by atoms with Gasteiger partial charge in [-0.3, -0.25) is 0 Å². The quantitative estimate of drug-likeness (QED) is 0.719. The van der Waals surface area contributed by atoms with Crippen molar-refractivity contribution in [2.75, 3.05) is 18.1 Å². The van der Waals surface area contributed by atoms with Crippen molar-refractivity contribution in [1.29, 1.82) is 0 Å². The molecule has 0 atom stereocenters. The van der Waals surface area contributed by atoms with Gasteiger partial charge in [0.25, 0.3) is 0 Å². The van der Waals surface area contributed by atoms with E-state index in [2.05, 4.69) is 0 Å². The molecule has 0 aliphatic heterocycles. The SMILES string of the molecule is CC(C)OCCc1cccc(N)c1N. The number of nitrogen functional groups attached to an aromatic ring is 2. The molecule has 0 aromatic heterocycles. The van der Waals surface area contributed by atoms with Gasteiger partial charge in [-0.25, -0.2) is 0 Å². The Bertz CT molecular complexity index is 297. The summed E-state index contributed by atoms with van der Waals surface area (Å²) in [5.41, 5.74) is 13.9. The van der Waals surface area contributed by atoms with Crippen molar-refractivity contribution in [3.63, 3.8) is 0 Å². The van der Waals surface area contributed by atoms with E-state index in [1.54, 1.807) is 0 Å². The van der Waals surface area contributed by atoms with Gasteiger partial charge in [0.05, 0.1) is 24.1 Å². The fourth-order valence-electron chi connectivity index (χ4n) is 1.26. The molecule has 14 heavy (non-hydrogen) atoms. The molecule has 0 aliphatic rings. The van der Waals surface area contributed by atoms with Gasteiger partial charge in [0, 0.05) is 0 Å². The number of nitrogens with two attached hydrogens (primary N) is 2. The molecule has 0 aliphatic carbocycles. The summed E-state index contributed by atoms with van der Waals surface area (Å²) in [4.78, 5) is 0. The zero-order valence-corrected chi connectivity index (χ0v) is 8.79. The second kappa shape index (κ2) is 4.86. The molecule has 0 unspecified atom stereocenters. The Morgan fingerprint density at radius 1 is 1.29 bits per heavy atom. The summed E-state index contributed by atoms with van der Waals surface area (Å²) in [6, 6.07) is 5.70. The van der Waals surface area contributed by atoms with E-state index in [0.717, 1.165) is 12.0 Å². The molecule has 1 aromatic rings. The second-order valence-corrected chi connectivity index (χ2v) is 3.59. The van der Waals surface area contributed by atoms with Crippen LogP contribution >= 0.6 is 0 Å². The largest absolute Gasteiger partial charge is 0.397 e. The fraction of sp³-hybridized carbons (Fsp3) is 0.455. The maximum absolute atomic E-state index is 5.82. The molecule has 0 saturated carbocycles. The molecule has 78 valence electrons. The highest BCUT2D eigenvalue weighted by atomic mass is 16.5. The summed E-state index contributed by atoms with van der Waals surface area (Å²) in [5, 5.41) is 0. The molecule has 0 heterocycles. The van der Waals surface area contributed by atoms with E-state index in [-0.39, 0.29) is 6.10 Å². The van der Waals surface area contributed by atoms with Crippen LogP contribution < -0.4 is 11.5 Å². The van der Waals surface area contributed by atoms with Gasteiger partial charge in [0.2, 0.25) is 0 Å². The van der Waals surface area contributed by atoms with E-state index >= 15 is 0 Å². The van der Waals surface area contributed by atoms with Crippen LogP contribution in [-0.2, 0) is 11.2 Å². The van der Waals surface area contributed by atoms with Gasteiger partial charge >= 0.3 is 0 Å². The molecule has 0 radical (unpaired) electrons. The van der Waals surface area contributed by atoms with Gasteiger partial charge in [-0.2, -0.15) is 0 Å². The first-order valence-corrected chi connectivity index (χ1v) is 4.85. The molecular formula is C11H18N2O. The summed E-state index contributed by atoms with van der Waals surface area (Å²) >= 11 is 0. The zero-order chi connectivity index (χ0) is 10.6. The molecular weight excluding hydrogens is 176 g/mol. The number of anilines is 2. The summed E-state index contributed by atoms with van der Waals surface area (Å²) in [7, 11) is 0. The highest BCUT2D eigenvalue weighted by Crippen LogP contribution is 2.19. The Balaban J connectivity index is 2.54. The Kier molecular flexibility index (Phi) is 3.77. The minimum absolute atomic E-state index is 0.261. The lowest BCUT2D eigenvalue weighted by Gasteiger charge is -2.10. The Labute approximate surface area is 85.0 Å². The number of para-hydroxylation sites is 1. The highest BCUT2D eigenvalue weighted by molar-refractivity contribution is 5.67. The minimum atomic E-state index is 0.261. The van der Waals surface area contributed by atoms with Gasteiger partial charge in [-0.05, 0) is 31.9 Å². The van der Waals surface area contributed by atoms with Crippen molar-refractivity contribution in [2.24, 2.45) is 0 Å². The van der Waals surface area contributed by atoms with E-state index in [1.807, 2.05) is 32.0 Å². The van der Waals surface area contributed by atoms with Crippen LogP contribution in [0.3, 0.4) is 0 Å². The van der Waals surface area contributed by atoms with Crippen LogP contribution in [0.5, 0.6) is 0 Å². The number of hydrogen-bond donors (Lipinski definition) is 2. The molecule has 1 rings (SSSR count). The standard InChI is InChI=1S/C11H18N2O/c1-8(2)14-7-6-9-4-3-5-10(12)11(9)13/h3-5,8H,6-7,12-13H2,1-2H3. The summed E-state index contributed by atoms with van der Waals surface area (Å²) in [5.74, 6) is 0. The number of benzene rings is 1. The first-order valence-electron chi connectivity index (χ1n) is 4.85. The van der Waals surface area contributed by atoms with Gasteiger partial charge in [0.15, 0.2) is 0 Å². The lowest BCUT2D eigenvalue weighted by Crippen LogP contribution is -2.08. The van der Waals surface area contributed by atoms with Crippen LogP contribution in [-0.4, -0.2) is 12.7 Å². The van der Waals surface area contributed by atoms with E-state index in [1.165, 1.54) is 0 Å². The topological polar surface area (TPSA) is 61.3 Å². The Morgan fingerprint density at radius 3 is 2.64 bits per heavy atom. The molecule has 4 N–H and O–H groups in total. The van der Waals surface area contributed by atoms with Crippen molar-refractivity contribution >= 4 is 11.4 Å².